The number of carboxylic acids is 1. The average Bonchev–Trinajstić information content (AvgIpc) is 2.14. The molecule has 0 saturated heterocycles. The fourth-order valence-electron chi connectivity index (χ4n) is 0.947. The van der Waals surface area contributed by atoms with E-state index in [1.54, 1.807) is 6.92 Å². The van der Waals surface area contributed by atoms with Crippen LogP contribution < -0.4 is 11.5 Å². The van der Waals surface area contributed by atoms with Gasteiger partial charge in [-0.05, 0) is 26.7 Å². The van der Waals surface area contributed by atoms with Crippen LogP contribution >= 0.6 is 0 Å². The first kappa shape index (κ1) is 13.6. The Morgan fingerprint density at radius 3 is 2.60 bits per heavy atom. The first-order chi connectivity index (χ1) is 6.93. The third-order valence-corrected chi connectivity index (χ3v) is 1.87. The first-order valence-corrected chi connectivity index (χ1v) is 4.84. The van der Waals surface area contributed by atoms with Gasteiger partial charge in [0.25, 0.3) is 0 Å². The molecule has 1 atom stereocenters. The number of allylic oxidation sites excluding steroid dienone is 1. The molecule has 0 fully saturated rings. The van der Waals surface area contributed by atoms with Crippen LogP contribution in [0.2, 0.25) is 0 Å². The Morgan fingerprint density at radius 2 is 2.13 bits per heavy atom. The lowest BCUT2D eigenvalue weighted by molar-refractivity contribution is -0.138. The molecule has 5 nitrogen and oxygen atoms in total. The quantitative estimate of drug-likeness (QED) is 0.339. The van der Waals surface area contributed by atoms with Crippen molar-refractivity contribution in [3.8, 4) is 0 Å². The fraction of sp³-hybridized carbons (Fsp3) is 0.600. The van der Waals surface area contributed by atoms with E-state index < -0.39 is 12.0 Å². The Kier molecular flexibility index (Phi) is 6.37. The van der Waals surface area contributed by atoms with Gasteiger partial charge in [-0.25, -0.2) is 0 Å². The summed E-state index contributed by atoms with van der Waals surface area (Å²) in [5.41, 5.74) is 11.8. The Balaban J connectivity index is 3.86. The fourth-order valence-corrected chi connectivity index (χ4v) is 0.947. The molecule has 0 aromatic rings. The van der Waals surface area contributed by atoms with Crippen LogP contribution in [0.1, 0.15) is 26.7 Å². The monoisotopic (exact) mass is 213 g/mol. The van der Waals surface area contributed by atoms with Crippen molar-refractivity contribution in [2.24, 2.45) is 16.5 Å². The maximum atomic E-state index is 10.4. The van der Waals surface area contributed by atoms with Crippen molar-refractivity contribution in [1.82, 2.24) is 0 Å². The van der Waals surface area contributed by atoms with Crippen molar-refractivity contribution < 1.29 is 9.90 Å². The highest BCUT2D eigenvalue weighted by molar-refractivity contribution is 5.77. The summed E-state index contributed by atoms with van der Waals surface area (Å²) in [6.45, 7) is 4.22. The standard InChI is InChI=1S/C10H19N3O2/c1-7(6-13-8(2)11)4-3-5-9(12)10(14)15/h4,9H,3,5-6,12H2,1-2H3,(H2,11,13)(H,14,15). The van der Waals surface area contributed by atoms with E-state index in [0.29, 0.717) is 25.2 Å². The lowest BCUT2D eigenvalue weighted by atomic mass is 10.1. The van der Waals surface area contributed by atoms with Crippen molar-refractivity contribution in [3.05, 3.63) is 11.6 Å². The summed E-state index contributed by atoms with van der Waals surface area (Å²) >= 11 is 0. The van der Waals surface area contributed by atoms with Gasteiger partial charge in [-0.2, -0.15) is 0 Å². The summed E-state index contributed by atoms with van der Waals surface area (Å²) in [5, 5.41) is 8.54. The number of nitrogens with zero attached hydrogens (tertiary/aromatic N) is 1. The van der Waals surface area contributed by atoms with E-state index in [2.05, 4.69) is 4.99 Å². The highest BCUT2D eigenvalue weighted by atomic mass is 16.4. The highest BCUT2D eigenvalue weighted by Crippen LogP contribution is 2.01. The van der Waals surface area contributed by atoms with E-state index >= 15 is 0 Å². The summed E-state index contributed by atoms with van der Waals surface area (Å²) in [5.74, 6) is -0.415. The lowest BCUT2D eigenvalue weighted by Gasteiger charge is -2.03. The number of carbonyl (C=O) groups is 1. The molecule has 0 aromatic heterocycles. The van der Waals surface area contributed by atoms with Gasteiger partial charge in [0.2, 0.25) is 0 Å². The predicted molar refractivity (Wildman–Crippen MR) is 60.8 cm³/mol. The Bertz CT molecular complexity index is 268. The van der Waals surface area contributed by atoms with E-state index in [4.69, 9.17) is 16.6 Å². The Morgan fingerprint density at radius 1 is 1.53 bits per heavy atom. The topological polar surface area (TPSA) is 102 Å². The van der Waals surface area contributed by atoms with Crippen molar-refractivity contribution in [2.45, 2.75) is 32.7 Å². The van der Waals surface area contributed by atoms with Crippen molar-refractivity contribution in [3.63, 3.8) is 0 Å². The third-order valence-electron chi connectivity index (χ3n) is 1.87. The molecule has 0 aliphatic rings. The second-order valence-electron chi connectivity index (χ2n) is 3.53. The number of nitrogens with two attached hydrogens (primary N) is 2. The molecule has 0 aliphatic heterocycles. The molecule has 0 bridgehead atoms. The molecule has 0 heterocycles. The van der Waals surface area contributed by atoms with Crippen LogP contribution in [0, 0.1) is 0 Å². The van der Waals surface area contributed by atoms with Gasteiger partial charge < -0.3 is 16.6 Å². The van der Waals surface area contributed by atoms with Crippen LogP contribution in [0.25, 0.3) is 0 Å². The number of aliphatic imine (C=N–C) groups is 1. The first-order valence-electron chi connectivity index (χ1n) is 4.84. The average molecular weight is 213 g/mol. The minimum atomic E-state index is -0.961. The molecule has 15 heavy (non-hydrogen) atoms. The zero-order valence-corrected chi connectivity index (χ0v) is 9.23. The van der Waals surface area contributed by atoms with Crippen LogP contribution in [-0.4, -0.2) is 29.5 Å². The van der Waals surface area contributed by atoms with Crippen LogP contribution in [0.4, 0.5) is 0 Å². The molecule has 5 heteroatoms. The summed E-state index contributed by atoms with van der Waals surface area (Å²) < 4.78 is 0. The number of hydrogen-bond donors (Lipinski definition) is 3. The Hall–Kier alpha value is -1.36. The minimum absolute atomic E-state index is 0.442. The number of carboxylic acid groups (broad SMARTS) is 1. The summed E-state index contributed by atoms with van der Waals surface area (Å²) in [6, 6.07) is -0.784. The van der Waals surface area contributed by atoms with Gasteiger partial charge in [0.15, 0.2) is 0 Å². The van der Waals surface area contributed by atoms with Crippen molar-refractivity contribution >= 4 is 11.8 Å². The normalized spacial score (nSPS) is 15.1. The SMILES string of the molecule is CC(=CCCC(N)C(=O)O)CN=C(C)N. The maximum absolute atomic E-state index is 10.4. The summed E-state index contributed by atoms with van der Waals surface area (Å²) in [6.07, 6.45) is 3.03. The van der Waals surface area contributed by atoms with Crippen LogP contribution in [0.5, 0.6) is 0 Å². The van der Waals surface area contributed by atoms with Gasteiger partial charge >= 0.3 is 5.97 Å². The van der Waals surface area contributed by atoms with Crippen LogP contribution in [0.3, 0.4) is 0 Å². The smallest absolute Gasteiger partial charge is 0.320 e. The van der Waals surface area contributed by atoms with Crippen LogP contribution in [-0.2, 0) is 4.79 Å². The molecule has 0 aromatic carbocycles. The second-order valence-corrected chi connectivity index (χ2v) is 3.53. The van der Waals surface area contributed by atoms with Crippen LogP contribution in [0.15, 0.2) is 16.6 Å². The number of aliphatic carboxylic acids is 1. The summed E-state index contributed by atoms with van der Waals surface area (Å²) in [4.78, 5) is 14.4. The molecule has 0 saturated carbocycles. The maximum Gasteiger partial charge on any atom is 0.320 e. The molecule has 0 aliphatic carbocycles. The van der Waals surface area contributed by atoms with E-state index in [-0.39, 0.29) is 0 Å². The van der Waals surface area contributed by atoms with Crippen molar-refractivity contribution in [2.75, 3.05) is 6.54 Å². The van der Waals surface area contributed by atoms with Gasteiger partial charge in [0, 0.05) is 0 Å². The van der Waals surface area contributed by atoms with Gasteiger partial charge in [0.1, 0.15) is 6.04 Å². The predicted octanol–water partition coefficient (Wildman–Crippen LogP) is 0.502. The molecule has 0 rings (SSSR count). The van der Waals surface area contributed by atoms with Gasteiger partial charge in [0.05, 0.1) is 12.4 Å². The third kappa shape index (κ3) is 7.69. The van der Waals surface area contributed by atoms with E-state index in [0.717, 1.165) is 5.57 Å². The zero-order valence-electron chi connectivity index (χ0n) is 9.23. The van der Waals surface area contributed by atoms with E-state index in [1.807, 2.05) is 13.0 Å². The molecule has 0 amide bonds. The molecule has 0 spiro atoms. The van der Waals surface area contributed by atoms with Gasteiger partial charge in [-0.1, -0.05) is 11.6 Å². The largest absolute Gasteiger partial charge is 0.480 e. The number of rotatable bonds is 6. The number of amidine groups is 1. The second kappa shape index (κ2) is 7.00. The number of hydrogen-bond acceptors (Lipinski definition) is 3. The van der Waals surface area contributed by atoms with E-state index in [1.165, 1.54) is 0 Å². The minimum Gasteiger partial charge on any atom is -0.480 e. The van der Waals surface area contributed by atoms with E-state index in [9.17, 15) is 4.79 Å². The zero-order chi connectivity index (χ0) is 11.8. The summed E-state index contributed by atoms with van der Waals surface area (Å²) in [7, 11) is 0. The molecular formula is C10H19N3O2. The Labute approximate surface area is 89.9 Å². The molecular weight excluding hydrogens is 194 g/mol. The highest BCUT2D eigenvalue weighted by Gasteiger charge is 2.09. The molecule has 86 valence electrons. The lowest BCUT2D eigenvalue weighted by Crippen LogP contribution is -2.29. The molecule has 5 N–H and O–H groups in total. The molecule has 1 unspecified atom stereocenters. The van der Waals surface area contributed by atoms with Crippen molar-refractivity contribution in [1.29, 1.82) is 0 Å². The van der Waals surface area contributed by atoms with Gasteiger partial charge in [-0.15, -0.1) is 0 Å². The molecule has 0 radical (unpaired) electrons. The van der Waals surface area contributed by atoms with Gasteiger partial charge in [-0.3, -0.25) is 9.79 Å².